The Morgan fingerprint density at radius 3 is 2.28 bits per heavy atom. The van der Waals surface area contributed by atoms with E-state index in [1.54, 1.807) is 19.1 Å². The van der Waals surface area contributed by atoms with E-state index in [1.165, 1.54) is 18.3 Å². The van der Waals surface area contributed by atoms with Gasteiger partial charge in [-0.25, -0.2) is 0 Å². The molecule has 0 aromatic heterocycles. The Labute approximate surface area is 188 Å². The highest BCUT2D eigenvalue weighted by atomic mass is 16.3. The zero-order chi connectivity index (χ0) is 23.5. The third kappa shape index (κ3) is 6.12. The number of nitrogens with zero attached hydrogens (tertiary/aromatic N) is 1. The quantitative estimate of drug-likeness (QED) is 0.209. The van der Waals surface area contributed by atoms with Crippen molar-refractivity contribution in [2.45, 2.75) is 6.92 Å². The van der Waals surface area contributed by atoms with Gasteiger partial charge in [0, 0.05) is 24.5 Å². The number of hydrogen-bond donors (Lipinski definition) is 2. The molecule has 0 saturated carbocycles. The van der Waals surface area contributed by atoms with Crippen LogP contribution in [0.5, 0.6) is 5.75 Å². The molecule has 5 heteroatoms. The van der Waals surface area contributed by atoms with Crippen LogP contribution in [0, 0.1) is 0 Å². The molecule has 0 unspecified atom stereocenters. The van der Waals surface area contributed by atoms with E-state index < -0.39 is 0 Å². The van der Waals surface area contributed by atoms with E-state index >= 15 is 0 Å². The van der Waals surface area contributed by atoms with E-state index in [0.29, 0.717) is 6.29 Å². The van der Waals surface area contributed by atoms with E-state index in [-0.39, 0.29) is 17.1 Å². The van der Waals surface area contributed by atoms with Crippen LogP contribution in [0.15, 0.2) is 90.6 Å². The average Bonchev–Trinajstić information content (AvgIpc) is 2.83. The summed E-state index contributed by atoms with van der Waals surface area (Å²) in [5.41, 5.74) is 5.59. The minimum Gasteiger partial charge on any atom is -0.507 e. The highest BCUT2D eigenvalue weighted by Crippen LogP contribution is 2.26. The Morgan fingerprint density at radius 2 is 1.75 bits per heavy atom. The lowest BCUT2D eigenvalue weighted by Crippen LogP contribution is -2.00. The number of hydrogen-bond acceptors (Lipinski definition) is 5. The zero-order valence-electron chi connectivity index (χ0n) is 18.2. The highest BCUT2D eigenvalue weighted by Gasteiger charge is 2.07. The topological polar surface area (TPSA) is 78.8 Å². The molecule has 2 N–H and O–H groups in total. The van der Waals surface area contributed by atoms with Gasteiger partial charge in [-0.05, 0) is 60.2 Å². The minimum atomic E-state index is -0.0562. The predicted molar refractivity (Wildman–Crippen MR) is 133 cm³/mol. The number of nitrogens with one attached hydrogen (secondary N) is 1. The van der Waals surface area contributed by atoms with Crippen molar-refractivity contribution < 1.29 is 14.7 Å². The van der Waals surface area contributed by atoms with Gasteiger partial charge in [0.05, 0.1) is 5.56 Å². The first-order chi connectivity index (χ1) is 15.4. The molecule has 32 heavy (non-hydrogen) atoms. The van der Waals surface area contributed by atoms with E-state index in [9.17, 15) is 14.7 Å². The molecule has 0 heterocycles. The van der Waals surface area contributed by atoms with E-state index in [2.05, 4.69) is 35.7 Å². The number of phenols is 1. The third-order valence-electron chi connectivity index (χ3n) is 4.72. The number of carbonyl (C=O) groups excluding carboxylic acids is 2. The second kappa shape index (κ2) is 11.8. The summed E-state index contributed by atoms with van der Waals surface area (Å²) in [7, 11) is 1.83. The fraction of sp³-hybridized carbons (Fsp3) is 0.0741. The smallest absolute Gasteiger partial charge is 0.161 e. The molecule has 5 nitrogen and oxygen atoms in total. The Balaban J connectivity index is 0.000000229. The summed E-state index contributed by atoms with van der Waals surface area (Å²) >= 11 is 0. The van der Waals surface area contributed by atoms with Gasteiger partial charge in [0.25, 0.3) is 0 Å². The van der Waals surface area contributed by atoms with Gasteiger partial charge in [0.2, 0.25) is 0 Å². The van der Waals surface area contributed by atoms with Crippen LogP contribution >= 0.6 is 0 Å². The lowest BCUT2D eigenvalue weighted by molar-refractivity contribution is 0.101. The van der Waals surface area contributed by atoms with Crippen LogP contribution < -0.4 is 5.32 Å². The van der Waals surface area contributed by atoms with Gasteiger partial charge in [-0.2, -0.15) is 0 Å². The molecule has 0 saturated heterocycles. The summed E-state index contributed by atoms with van der Waals surface area (Å²) < 4.78 is 0. The van der Waals surface area contributed by atoms with Gasteiger partial charge in [0.15, 0.2) is 12.1 Å². The van der Waals surface area contributed by atoms with Crippen LogP contribution in [-0.4, -0.2) is 30.9 Å². The van der Waals surface area contributed by atoms with E-state index in [0.717, 1.165) is 33.5 Å². The maximum atomic E-state index is 11.4. The Morgan fingerprint density at radius 1 is 1.03 bits per heavy atom. The third-order valence-corrected chi connectivity index (χ3v) is 4.72. The first-order valence-electron chi connectivity index (χ1n) is 9.90. The van der Waals surface area contributed by atoms with Gasteiger partial charge in [0.1, 0.15) is 5.75 Å². The van der Waals surface area contributed by atoms with Gasteiger partial charge >= 0.3 is 0 Å². The molecule has 0 aliphatic rings. The summed E-state index contributed by atoms with van der Waals surface area (Å²) in [5.74, 6) is 0.0215. The highest BCUT2D eigenvalue weighted by molar-refractivity contribution is 6.00. The number of allylic oxidation sites excluding steroid dienone is 2. The van der Waals surface area contributed by atoms with Crippen LogP contribution in [-0.2, 0) is 0 Å². The minimum absolute atomic E-state index is 0.0562. The number of anilines is 1. The van der Waals surface area contributed by atoms with Crippen molar-refractivity contribution in [2.75, 3.05) is 12.4 Å². The van der Waals surface area contributed by atoms with Crippen molar-refractivity contribution in [3.63, 3.8) is 0 Å². The summed E-state index contributed by atoms with van der Waals surface area (Å²) in [5, 5.41) is 12.5. The van der Waals surface area contributed by atoms with Crippen molar-refractivity contribution in [3.8, 4) is 16.9 Å². The molecule has 0 radical (unpaired) electrons. The molecule has 162 valence electrons. The van der Waals surface area contributed by atoms with Crippen molar-refractivity contribution >= 4 is 30.0 Å². The van der Waals surface area contributed by atoms with Crippen LogP contribution in [0.2, 0.25) is 0 Å². The second-order valence-electron chi connectivity index (χ2n) is 6.80. The monoisotopic (exact) mass is 426 g/mol. The summed E-state index contributed by atoms with van der Waals surface area (Å²) in [4.78, 5) is 25.5. The van der Waals surface area contributed by atoms with Gasteiger partial charge in [-0.3, -0.25) is 14.6 Å². The molecule has 3 aromatic carbocycles. The number of phenolic OH excluding ortho intramolecular Hbond substituents is 1. The number of ketones is 1. The zero-order valence-corrected chi connectivity index (χ0v) is 18.2. The Hall–Kier alpha value is -4.25. The van der Waals surface area contributed by atoms with Gasteiger partial charge in [-0.1, -0.05) is 55.1 Å². The molecular weight excluding hydrogens is 400 g/mol. The molecule has 0 amide bonds. The molecule has 3 aromatic rings. The van der Waals surface area contributed by atoms with Crippen LogP contribution in [0.25, 0.3) is 16.7 Å². The number of aliphatic imine (C=N–C) groups is 1. The lowest BCUT2D eigenvalue weighted by Gasteiger charge is -2.09. The summed E-state index contributed by atoms with van der Waals surface area (Å²) in [6.45, 7) is 8.54. The summed E-state index contributed by atoms with van der Waals surface area (Å²) in [6, 6.07) is 20.7. The average molecular weight is 427 g/mol. The first-order valence-corrected chi connectivity index (χ1v) is 9.90. The van der Waals surface area contributed by atoms with E-state index in [4.69, 9.17) is 0 Å². The summed E-state index contributed by atoms with van der Waals surface area (Å²) in [6.07, 6.45) is 3.73. The standard InChI is InChI=1S/C15H15NO.C12H11NO2/c1-11(17)14-9-8-13(10-15(14)16-2)12-6-4-3-5-7-12;1-3-9(7-13-2)10-4-5-11(8-14)12(15)6-10/h3-10,16H,1-2H3;3-8,15H,1-2H2/b;9-7+. The van der Waals surface area contributed by atoms with Gasteiger partial charge in [-0.15, -0.1) is 0 Å². The molecular formula is C27H26N2O3. The normalized spacial score (nSPS) is 10.4. The van der Waals surface area contributed by atoms with Crippen molar-refractivity contribution in [2.24, 2.45) is 4.99 Å². The molecule has 0 spiro atoms. The molecule has 0 atom stereocenters. The van der Waals surface area contributed by atoms with Gasteiger partial charge < -0.3 is 10.4 Å². The molecule has 0 aliphatic carbocycles. The van der Waals surface area contributed by atoms with E-state index in [1.807, 2.05) is 43.4 Å². The molecule has 0 bridgehead atoms. The van der Waals surface area contributed by atoms with Crippen LogP contribution in [0.4, 0.5) is 5.69 Å². The van der Waals surface area contributed by atoms with Crippen LogP contribution in [0.3, 0.4) is 0 Å². The molecule has 3 rings (SSSR count). The SMILES string of the molecule is C=C/C(=C\N=C)c1ccc(C=O)c(O)c1.CNc1cc(-c2ccccc2)ccc1C(C)=O. The van der Waals surface area contributed by atoms with Crippen molar-refractivity contribution in [3.05, 3.63) is 102 Å². The number of aromatic hydroxyl groups is 1. The lowest BCUT2D eigenvalue weighted by atomic mass is 10.0. The molecule has 0 fully saturated rings. The second-order valence-corrected chi connectivity index (χ2v) is 6.80. The number of Topliss-reactive ketones (excluding diaryl/α,β-unsaturated/α-hetero) is 1. The van der Waals surface area contributed by atoms with Crippen LogP contribution in [0.1, 0.15) is 33.2 Å². The molecule has 0 aliphatic heterocycles. The predicted octanol–water partition coefficient (Wildman–Crippen LogP) is 6.03. The number of rotatable bonds is 7. The maximum Gasteiger partial charge on any atom is 0.161 e. The Kier molecular flexibility index (Phi) is 8.87. The number of aldehydes is 1. The van der Waals surface area contributed by atoms with Crippen molar-refractivity contribution in [1.82, 2.24) is 0 Å². The van der Waals surface area contributed by atoms with Crippen molar-refractivity contribution in [1.29, 1.82) is 0 Å². The number of carbonyl (C=O) groups is 2. The maximum absolute atomic E-state index is 11.4. The fourth-order valence-electron chi connectivity index (χ4n) is 3.03. The Bertz CT molecular complexity index is 1150. The number of benzene rings is 3. The largest absolute Gasteiger partial charge is 0.507 e. The first kappa shape index (κ1) is 24.0. The fourth-order valence-corrected chi connectivity index (χ4v) is 3.03.